The van der Waals surface area contributed by atoms with Crippen molar-refractivity contribution in [3.8, 4) is 34.6 Å². The van der Waals surface area contributed by atoms with Crippen molar-refractivity contribution in [2.75, 3.05) is 26.1 Å². The zero-order chi connectivity index (χ0) is 26.3. The smallest absolute Gasteiger partial charge is 0.336 e. The van der Waals surface area contributed by atoms with E-state index in [1.807, 2.05) is 84.2 Å². The Morgan fingerprint density at radius 2 is 1.58 bits per heavy atom. The Labute approximate surface area is 224 Å². The Hall–Kier alpha value is -4.63. The maximum atomic E-state index is 12.4. The number of nitrogens with zero attached hydrogens (tertiary/aromatic N) is 3. The lowest BCUT2D eigenvalue weighted by Crippen LogP contribution is -2.10. The van der Waals surface area contributed by atoms with E-state index in [9.17, 15) is 4.79 Å². The molecule has 0 aliphatic heterocycles. The van der Waals surface area contributed by atoms with Crippen LogP contribution in [0, 0.1) is 0 Å². The fourth-order valence-corrected chi connectivity index (χ4v) is 4.42. The predicted molar refractivity (Wildman–Crippen MR) is 148 cm³/mol. The Balaban J connectivity index is 1.36. The summed E-state index contributed by atoms with van der Waals surface area (Å²) >= 11 is 1.40. The van der Waals surface area contributed by atoms with Gasteiger partial charge in [0.25, 0.3) is 5.91 Å². The minimum atomic E-state index is -0.139. The molecule has 8 nitrogen and oxygen atoms in total. The maximum absolute atomic E-state index is 12.4. The van der Waals surface area contributed by atoms with Crippen LogP contribution in [0.4, 0.5) is 5.69 Å². The van der Waals surface area contributed by atoms with Gasteiger partial charge in [-0.05, 0) is 77.7 Å². The molecule has 0 spiro atoms. The Kier molecular flexibility index (Phi) is 7.65. The highest BCUT2D eigenvalue weighted by molar-refractivity contribution is 7.12. The molecule has 0 saturated carbocycles. The Morgan fingerprint density at radius 1 is 0.895 bits per heavy atom. The third-order valence-electron chi connectivity index (χ3n) is 5.83. The first-order valence-electron chi connectivity index (χ1n) is 12.0. The number of anilines is 1. The third kappa shape index (κ3) is 5.84. The summed E-state index contributed by atoms with van der Waals surface area (Å²) in [6, 6.07) is 26.8. The van der Waals surface area contributed by atoms with Crippen LogP contribution in [0.15, 0.2) is 90.3 Å². The number of ether oxygens (including phenoxy) is 3. The number of amides is 1. The number of methoxy groups -OCH3 is 2. The van der Waals surface area contributed by atoms with E-state index < -0.39 is 0 Å². The van der Waals surface area contributed by atoms with Crippen molar-refractivity contribution in [2.45, 2.75) is 6.42 Å². The van der Waals surface area contributed by atoms with Gasteiger partial charge in [-0.3, -0.25) is 4.79 Å². The average molecular weight is 527 g/mol. The molecule has 0 aliphatic rings. The van der Waals surface area contributed by atoms with Gasteiger partial charge in [0.15, 0.2) is 5.82 Å². The number of thiophene rings is 1. The van der Waals surface area contributed by atoms with Gasteiger partial charge in [-0.25, -0.2) is 4.68 Å². The molecular formula is C29H26N4O4S. The minimum Gasteiger partial charge on any atom is -0.497 e. The van der Waals surface area contributed by atoms with E-state index in [1.165, 1.54) is 11.3 Å². The second-order valence-electron chi connectivity index (χ2n) is 8.28. The van der Waals surface area contributed by atoms with Gasteiger partial charge >= 0.3 is 6.01 Å². The van der Waals surface area contributed by atoms with Crippen molar-refractivity contribution >= 4 is 22.9 Å². The van der Waals surface area contributed by atoms with Crippen LogP contribution < -0.4 is 19.5 Å². The summed E-state index contributed by atoms with van der Waals surface area (Å²) in [5.41, 5.74) is 3.45. The molecule has 0 atom stereocenters. The summed E-state index contributed by atoms with van der Waals surface area (Å²) < 4.78 is 18.2. The second-order valence-corrected chi connectivity index (χ2v) is 9.23. The summed E-state index contributed by atoms with van der Waals surface area (Å²) in [4.78, 5) is 17.7. The molecule has 0 fully saturated rings. The van der Waals surface area contributed by atoms with Crippen LogP contribution in [-0.4, -0.2) is 41.5 Å². The van der Waals surface area contributed by atoms with Crippen molar-refractivity contribution in [2.24, 2.45) is 0 Å². The summed E-state index contributed by atoms with van der Waals surface area (Å²) in [6.07, 6.45) is 0.703. The highest BCUT2D eigenvalue weighted by Crippen LogP contribution is 2.26. The molecule has 192 valence electrons. The number of hydrogen-bond acceptors (Lipinski definition) is 7. The van der Waals surface area contributed by atoms with Gasteiger partial charge in [0.1, 0.15) is 11.5 Å². The minimum absolute atomic E-state index is 0.139. The topological polar surface area (TPSA) is 87.5 Å². The van der Waals surface area contributed by atoms with Crippen molar-refractivity contribution in [1.29, 1.82) is 0 Å². The zero-order valence-corrected chi connectivity index (χ0v) is 21.8. The van der Waals surface area contributed by atoms with Crippen LogP contribution in [0.2, 0.25) is 0 Å². The van der Waals surface area contributed by atoms with E-state index in [-0.39, 0.29) is 11.9 Å². The molecular weight excluding hydrogens is 500 g/mol. The molecule has 0 radical (unpaired) electrons. The molecule has 2 aromatic heterocycles. The quantitative estimate of drug-likeness (QED) is 0.244. The number of rotatable bonds is 10. The molecule has 0 unspecified atom stereocenters. The molecule has 5 aromatic rings. The van der Waals surface area contributed by atoms with Crippen LogP contribution in [0.3, 0.4) is 0 Å². The van der Waals surface area contributed by atoms with Gasteiger partial charge in [-0.1, -0.05) is 18.2 Å². The lowest BCUT2D eigenvalue weighted by Gasteiger charge is -2.08. The lowest BCUT2D eigenvalue weighted by molar-refractivity contribution is 0.103. The standard InChI is InChI=1S/C29H26N4O4S/c1-35-24-13-5-20(6-14-24)17-18-37-29-31-27(21-7-15-25(36-2)16-8-21)33(32-29)23-11-9-22(10-12-23)30-28(34)26-4-3-19-38-26/h3-16,19H,17-18H2,1-2H3,(H,30,34). The second kappa shape index (κ2) is 11.6. The number of benzene rings is 3. The SMILES string of the molecule is COc1ccc(CCOc2nc(-c3ccc(OC)cc3)n(-c3ccc(NC(=O)c4cccs4)cc3)n2)cc1. The van der Waals surface area contributed by atoms with Crippen LogP contribution in [0.25, 0.3) is 17.1 Å². The summed E-state index contributed by atoms with van der Waals surface area (Å²) in [5.74, 6) is 2.06. The van der Waals surface area contributed by atoms with Gasteiger partial charge in [0.05, 0.1) is 31.4 Å². The first-order chi connectivity index (χ1) is 18.6. The van der Waals surface area contributed by atoms with Crippen LogP contribution >= 0.6 is 11.3 Å². The molecule has 9 heteroatoms. The molecule has 0 bridgehead atoms. The monoisotopic (exact) mass is 526 g/mol. The fraction of sp³-hybridized carbons (Fsp3) is 0.138. The Morgan fingerprint density at radius 3 is 2.21 bits per heavy atom. The number of carbonyl (C=O) groups excluding carboxylic acids is 1. The molecule has 0 saturated heterocycles. The van der Waals surface area contributed by atoms with Crippen molar-refractivity contribution < 1.29 is 19.0 Å². The van der Waals surface area contributed by atoms with Gasteiger partial charge in [-0.2, -0.15) is 4.98 Å². The number of hydrogen-bond donors (Lipinski definition) is 1. The van der Waals surface area contributed by atoms with Crippen molar-refractivity contribution in [3.63, 3.8) is 0 Å². The normalized spacial score (nSPS) is 10.7. The first kappa shape index (κ1) is 25.0. The summed E-state index contributed by atoms with van der Waals surface area (Å²) in [5, 5.41) is 9.43. The van der Waals surface area contributed by atoms with Crippen molar-refractivity contribution in [3.05, 3.63) is 101 Å². The van der Waals surface area contributed by atoms with Crippen LogP contribution in [-0.2, 0) is 6.42 Å². The molecule has 38 heavy (non-hydrogen) atoms. The average Bonchev–Trinajstić information content (AvgIpc) is 3.65. The predicted octanol–water partition coefficient (Wildman–Crippen LogP) is 5.89. The van der Waals surface area contributed by atoms with Crippen molar-refractivity contribution in [1.82, 2.24) is 14.8 Å². The van der Waals surface area contributed by atoms with E-state index in [0.717, 1.165) is 28.3 Å². The molecule has 3 aromatic carbocycles. The third-order valence-corrected chi connectivity index (χ3v) is 6.70. The highest BCUT2D eigenvalue weighted by Gasteiger charge is 2.16. The van der Waals surface area contributed by atoms with Gasteiger partial charge in [-0.15, -0.1) is 16.4 Å². The molecule has 5 rings (SSSR count). The molecule has 0 aliphatic carbocycles. The molecule has 1 amide bonds. The summed E-state index contributed by atoms with van der Waals surface area (Å²) in [7, 11) is 3.28. The molecule has 2 heterocycles. The van der Waals surface area contributed by atoms with Gasteiger partial charge in [0, 0.05) is 17.7 Å². The number of aromatic nitrogens is 3. The summed E-state index contributed by atoms with van der Waals surface area (Å²) in [6.45, 7) is 0.423. The lowest BCUT2D eigenvalue weighted by atomic mass is 10.1. The van der Waals surface area contributed by atoms with Gasteiger partial charge in [0.2, 0.25) is 0 Å². The maximum Gasteiger partial charge on any atom is 0.336 e. The zero-order valence-electron chi connectivity index (χ0n) is 21.0. The van der Waals surface area contributed by atoms with Crippen LogP contribution in [0.1, 0.15) is 15.2 Å². The fourth-order valence-electron chi connectivity index (χ4n) is 3.80. The number of nitrogens with one attached hydrogen (secondary N) is 1. The van der Waals surface area contributed by atoms with Crippen LogP contribution in [0.5, 0.6) is 17.5 Å². The van der Waals surface area contributed by atoms with E-state index in [0.29, 0.717) is 29.4 Å². The van der Waals surface area contributed by atoms with E-state index in [1.54, 1.807) is 25.0 Å². The largest absolute Gasteiger partial charge is 0.497 e. The van der Waals surface area contributed by atoms with Gasteiger partial charge < -0.3 is 19.5 Å². The Bertz CT molecular complexity index is 1480. The molecule has 1 N–H and O–H groups in total. The number of carbonyl (C=O) groups is 1. The highest BCUT2D eigenvalue weighted by atomic mass is 32.1. The van der Waals surface area contributed by atoms with E-state index in [2.05, 4.69) is 15.4 Å². The first-order valence-corrected chi connectivity index (χ1v) is 12.8. The van der Waals surface area contributed by atoms with E-state index >= 15 is 0 Å². The van der Waals surface area contributed by atoms with E-state index in [4.69, 9.17) is 14.2 Å².